The van der Waals surface area contributed by atoms with E-state index in [1.807, 2.05) is 0 Å². The molecule has 0 saturated heterocycles. The number of hydrogen-bond acceptors (Lipinski definition) is 3. The molecule has 0 aliphatic carbocycles. The van der Waals surface area contributed by atoms with Crippen LogP contribution in [-0.2, 0) is 0 Å². The molecule has 0 amide bonds. The number of halogens is 2. The Morgan fingerprint density at radius 3 is 2.77 bits per heavy atom. The van der Waals surface area contributed by atoms with Gasteiger partial charge in [-0.05, 0) is 22.0 Å². The Hall–Kier alpha value is -1.28. The maximum Gasteiger partial charge on any atom is 0.195 e. The molecule has 0 heterocycles. The van der Waals surface area contributed by atoms with Crippen molar-refractivity contribution in [1.29, 1.82) is 5.26 Å². The summed E-state index contributed by atoms with van der Waals surface area (Å²) in [5.74, 6) is -1.64. The Morgan fingerprint density at radius 2 is 2.31 bits per heavy atom. The second kappa shape index (κ2) is 3.62. The van der Waals surface area contributed by atoms with Crippen LogP contribution >= 0.6 is 15.9 Å². The topological polar surface area (TPSA) is 53.2 Å². The molecule has 0 radical (unpaired) electrons. The van der Waals surface area contributed by atoms with Gasteiger partial charge in [0.05, 0.1) is 7.11 Å². The van der Waals surface area contributed by atoms with Gasteiger partial charge < -0.3 is 9.84 Å². The van der Waals surface area contributed by atoms with Crippen LogP contribution in [-0.4, -0.2) is 12.2 Å². The van der Waals surface area contributed by atoms with Crippen LogP contribution in [0.2, 0.25) is 0 Å². The molecule has 0 aromatic heterocycles. The third kappa shape index (κ3) is 1.58. The third-order valence-electron chi connectivity index (χ3n) is 1.48. The summed E-state index contributed by atoms with van der Waals surface area (Å²) in [5, 5.41) is 17.8. The summed E-state index contributed by atoms with van der Waals surface area (Å²) >= 11 is 2.98. The van der Waals surface area contributed by atoms with Gasteiger partial charge in [0.15, 0.2) is 17.3 Å². The molecule has 68 valence electrons. The summed E-state index contributed by atoms with van der Waals surface area (Å²) in [5.41, 5.74) is 0.0707. The number of nitrogens with zero attached hydrogens (tertiary/aromatic N) is 1. The molecule has 0 atom stereocenters. The molecular formula is C8H5BrFNO2. The Labute approximate surface area is 82.5 Å². The minimum Gasteiger partial charge on any atom is -0.502 e. The molecule has 3 nitrogen and oxygen atoms in total. The van der Waals surface area contributed by atoms with Crippen molar-refractivity contribution in [3.05, 3.63) is 21.9 Å². The maximum absolute atomic E-state index is 12.9. The Kier molecular flexibility index (Phi) is 2.73. The van der Waals surface area contributed by atoms with E-state index in [2.05, 4.69) is 20.7 Å². The first-order valence-electron chi connectivity index (χ1n) is 3.26. The highest BCUT2D eigenvalue weighted by atomic mass is 79.9. The van der Waals surface area contributed by atoms with E-state index in [0.717, 1.165) is 6.07 Å². The molecule has 0 aliphatic heterocycles. The van der Waals surface area contributed by atoms with Crippen molar-refractivity contribution in [1.82, 2.24) is 0 Å². The average Bonchev–Trinajstić information content (AvgIpc) is 2.10. The van der Waals surface area contributed by atoms with Crippen LogP contribution in [0.3, 0.4) is 0 Å². The van der Waals surface area contributed by atoms with Crippen molar-refractivity contribution in [2.45, 2.75) is 0 Å². The number of methoxy groups -OCH3 is 1. The van der Waals surface area contributed by atoms with E-state index in [1.165, 1.54) is 7.11 Å². The number of aromatic hydroxyl groups is 1. The SMILES string of the molecule is COc1c(O)c(F)cc(Br)c1C#N. The van der Waals surface area contributed by atoms with Gasteiger partial charge in [0.2, 0.25) is 0 Å². The quantitative estimate of drug-likeness (QED) is 0.826. The zero-order chi connectivity index (χ0) is 10.0. The minimum atomic E-state index is -0.831. The van der Waals surface area contributed by atoms with Crippen LogP contribution < -0.4 is 4.74 Å². The van der Waals surface area contributed by atoms with Crippen LogP contribution in [0.4, 0.5) is 4.39 Å². The molecule has 13 heavy (non-hydrogen) atoms. The first-order chi connectivity index (χ1) is 6.11. The van der Waals surface area contributed by atoms with Crippen molar-refractivity contribution in [2.24, 2.45) is 0 Å². The fourth-order valence-corrected chi connectivity index (χ4v) is 1.36. The highest BCUT2D eigenvalue weighted by Gasteiger charge is 2.16. The summed E-state index contributed by atoms with van der Waals surface area (Å²) in [4.78, 5) is 0. The standard InChI is InChI=1S/C8H5BrFNO2/c1-13-8-4(3-11)5(9)2-6(10)7(8)12/h2,12H,1H3. The minimum absolute atomic E-state index is 0.0707. The van der Waals surface area contributed by atoms with E-state index in [9.17, 15) is 4.39 Å². The molecule has 5 heteroatoms. The van der Waals surface area contributed by atoms with Gasteiger partial charge in [-0.25, -0.2) is 4.39 Å². The normalized spacial score (nSPS) is 9.38. The first kappa shape index (κ1) is 9.81. The van der Waals surface area contributed by atoms with Crippen LogP contribution in [0.1, 0.15) is 5.56 Å². The Bertz CT molecular complexity index is 387. The molecule has 0 spiro atoms. The van der Waals surface area contributed by atoms with Crippen LogP contribution in [0.5, 0.6) is 11.5 Å². The fraction of sp³-hybridized carbons (Fsp3) is 0.125. The van der Waals surface area contributed by atoms with E-state index in [1.54, 1.807) is 6.07 Å². The molecule has 1 aromatic carbocycles. The third-order valence-corrected chi connectivity index (χ3v) is 2.10. The summed E-state index contributed by atoms with van der Waals surface area (Å²) in [6.07, 6.45) is 0. The van der Waals surface area contributed by atoms with Gasteiger partial charge >= 0.3 is 0 Å². The number of ether oxygens (including phenoxy) is 1. The van der Waals surface area contributed by atoms with Crippen molar-refractivity contribution in [3.8, 4) is 17.6 Å². The van der Waals surface area contributed by atoms with Gasteiger partial charge in [-0.1, -0.05) is 0 Å². The smallest absolute Gasteiger partial charge is 0.195 e. The van der Waals surface area contributed by atoms with E-state index in [0.29, 0.717) is 0 Å². The molecule has 0 bridgehead atoms. The number of phenolic OH excluding ortho intramolecular Hbond substituents is 1. The predicted molar refractivity (Wildman–Crippen MR) is 47.0 cm³/mol. The summed E-state index contributed by atoms with van der Waals surface area (Å²) in [7, 11) is 1.25. The highest BCUT2D eigenvalue weighted by Crippen LogP contribution is 2.36. The molecule has 1 rings (SSSR count). The number of benzene rings is 1. The van der Waals surface area contributed by atoms with Gasteiger partial charge in [0.1, 0.15) is 11.6 Å². The van der Waals surface area contributed by atoms with Crippen molar-refractivity contribution in [3.63, 3.8) is 0 Å². The molecule has 0 unspecified atom stereocenters. The van der Waals surface area contributed by atoms with Gasteiger partial charge in [-0.15, -0.1) is 0 Å². The lowest BCUT2D eigenvalue weighted by Crippen LogP contribution is -1.92. The van der Waals surface area contributed by atoms with Crippen LogP contribution in [0.15, 0.2) is 10.5 Å². The largest absolute Gasteiger partial charge is 0.502 e. The summed E-state index contributed by atoms with van der Waals surface area (Å²) < 4.78 is 17.8. The molecule has 1 N–H and O–H groups in total. The number of rotatable bonds is 1. The fourth-order valence-electron chi connectivity index (χ4n) is 0.890. The molecule has 0 fully saturated rings. The zero-order valence-electron chi connectivity index (χ0n) is 6.64. The van der Waals surface area contributed by atoms with Crippen LogP contribution in [0, 0.1) is 17.1 Å². The number of nitriles is 1. The monoisotopic (exact) mass is 245 g/mol. The predicted octanol–water partition coefficient (Wildman–Crippen LogP) is 2.17. The van der Waals surface area contributed by atoms with Crippen molar-refractivity contribution in [2.75, 3.05) is 7.11 Å². The number of hydrogen-bond donors (Lipinski definition) is 1. The first-order valence-corrected chi connectivity index (χ1v) is 4.06. The van der Waals surface area contributed by atoms with Gasteiger partial charge in [-0.2, -0.15) is 5.26 Å². The van der Waals surface area contributed by atoms with E-state index >= 15 is 0 Å². The highest BCUT2D eigenvalue weighted by molar-refractivity contribution is 9.10. The lowest BCUT2D eigenvalue weighted by molar-refractivity contribution is 0.355. The summed E-state index contributed by atoms with van der Waals surface area (Å²) in [6, 6.07) is 2.79. The molecule has 1 aromatic rings. The average molecular weight is 246 g/mol. The van der Waals surface area contributed by atoms with Gasteiger partial charge in [0, 0.05) is 4.47 Å². The Balaban J connectivity index is 3.53. The zero-order valence-corrected chi connectivity index (χ0v) is 8.22. The molecule has 0 aliphatic rings. The van der Waals surface area contributed by atoms with Crippen molar-refractivity contribution < 1.29 is 14.2 Å². The lowest BCUT2D eigenvalue weighted by Gasteiger charge is -2.07. The summed E-state index contributed by atoms with van der Waals surface area (Å²) in [6.45, 7) is 0. The van der Waals surface area contributed by atoms with E-state index in [4.69, 9.17) is 10.4 Å². The van der Waals surface area contributed by atoms with Gasteiger partial charge in [0.25, 0.3) is 0 Å². The van der Waals surface area contributed by atoms with Crippen molar-refractivity contribution >= 4 is 15.9 Å². The van der Waals surface area contributed by atoms with Gasteiger partial charge in [-0.3, -0.25) is 0 Å². The van der Waals surface area contributed by atoms with E-state index in [-0.39, 0.29) is 15.8 Å². The van der Waals surface area contributed by atoms with E-state index < -0.39 is 11.6 Å². The van der Waals surface area contributed by atoms with Crippen LogP contribution in [0.25, 0.3) is 0 Å². The lowest BCUT2D eigenvalue weighted by atomic mass is 10.2. The maximum atomic E-state index is 12.9. The second-order valence-corrected chi connectivity index (χ2v) is 3.06. The molecular weight excluding hydrogens is 241 g/mol. The molecule has 0 saturated carbocycles. The second-order valence-electron chi connectivity index (χ2n) is 2.21. The number of phenols is 1. The Morgan fingerprint density at radius 1 is 1.69 bits per heavy atom.